The van der Waals surface area contributed by atoms with Crippen LogP contribution >= 0.6 is 0 Å². The van der Waals surface area contributed by atoms with E-state index in [0.29, 0.717) is 12.2 Å². The van der Waals surface area contributed by atoms with Gasteiger partial charge in [-0.1, -0.05) is 36.1 Å². The molecular weight excluding hydrogens is 243 g/mol. The predicted molar refractivity (Wildman–Crippen MR) is 71.1 cm³/mol. The van der Waals surface area contributed by atoms with Gasteiger partial charge in [0.25, 0.3) is 0 Å². The van der Waals surface area contributed by atoms with Crippen LogP contribution in [0.25, 0.3) is 0 Å². The molecule has 0 heterocycles. The molecule has 2 rings (SSSR count). The topological polar surface area (TPSA) is 29.5 Å². The molecule has 19 heavy (non-hydrogen) atoms. The zero-order valence-electron chi connectivity index (χ0n) is 10.3. The second-order valence-corrected chi connectivity index (χ2v) is 3.86. The van der Waals surface area contributed by atoms with Crippen LogP contribution in [-0.4, -0.2) is 11.7 Å². The molecule has 1 N–H and O–H groups in total. The molecule has 2 aromatic carbocycles. The molecule has 0 amide bonds. The Hall–Kier alpha value is -2.31. The van der Waals surface area contributed by atoms with Crippen LogP contribution in [0, 0.1) is 17.7 Å². The first kappa shape index (κ1) is 13.1. The Bertz CT molecular complexity index is 597. The van der Waals surface area contributed by atoms with E-state index in [1.54, 1.807) is 6.07 Å². The van der Waals surface area contributed by atoms with Crippen LogP contribution in [0.3, 0.4) is 0 Å². The number of para-hydroxylation sites is 1. The molecule has 0 aromatic heterocycles. The van der Waals surface area contributed by atoms with Gasteiger partial charge >= 0.3 is 0 Å². The second kappa shape index (κ2) is 6.58. The summed E-state index contributed by atoms with van der Waals surface area (Å²) < 4.78 is 18.8. The van der Waals surface area contributed by atoms with Crippen molar-refractivity contribution in [1.82, 2.24) is 0 Å². The fourth-order valence-corrected chi connectivity index (χ4v) is 1.60. The average Bonchev–Trinajstić information content (AvgIpc) is 2.45. The van der Waals surface area contributed by atoms with Crippen LogP contribution in [0.2, 0.25) is 0 Å². The first-order valence-corrected chi connectivity index (χ1v) is 5.85. The van der Waals surface area contributed by atoms with Crippen LogP contribution < -0.4 is 4.74 Å². The third-order valence-corrected chi connectivity index (χ3v) is 2.51. The highest BCUT2D eigenvalue weighted by Crippen LogP contribution is 2.15. The lowest BCUT2D eigenvalue weighted by Gasteiger charge is -2.08. The minimum Gasteiger partial charge on any atom is -0.489 e. The number of aliphatic hydroxyl groups is 1. The van der Waals surface area contributed by atoms with Gasteiger partial charge in [0.1, 0.15) is 24.8 Å². The van der Waals surface area contributed by atoms with Gasteiger partial charge in [0.05, 0.1) is 0 Å². The number of hydrogen-bond donors (Lipinski definition) is 1. The minimum atomic E-state index is -0.356. The fourth-order valence-electron chi connectivity index (χ4n) is 1.60. The first-order valence-electron chi connectivity index (χ1n) is 5.85. The molecule has 0 bridgehead atoms. The third-order valence-electron chi connectivity index (χ3n) is 2.51. The summed E-state index contributed by atoms with van der Waals surface area (Å²) >= 11 is 0. The maximum absolute atomic E-state index is 13.2. The molecule has 0 atom stereocenters. The molecule has 0 spiro atoms. The summed E-state index contributed by atoms with van der Waals surface area (Å²) in [5, 5.41) is 8.70. The number of halogens is 1. The van der Waals surface area contributed by atoms with Gasteiger partial charge in [-0.15, -0.1) is 0 Å². The lowest BCUT2D eigenvalue weighted by molar-refractivity contribution is 0.305. The summed E-state index contributed by atoms with van der Waals surface area (Å²) in [6.45, 7) is 0.0508. The van der Waals surface area contributed by atoms with E-state index in [1.165, 1.54) is 12.1 Å². The van der Waals surface area contributed by atoms with Crippen molar-refractivity contribution in [1.29, 1.82) is 0 Å². The molecular formula is C16H13FO2. The van der Waals surface area contributed by atoms with Crippen LogP contribution in [0.15, 0.2) is 48.5 Å². The highest BCUT2D eigenvalue weighted by molar-refractivity contribution is 5.41. The maximum atomic E-state index is 13.2. The van der Waals surface area contributed by atoms with E-state index in [9.17, 15) is 4.39 Å². The van der Waals surface area contributed by atoms with Crippen molar-refractivity contribution in [3.8, 4) is 17.6 Å². The second-order valence-electron chi connectivity index (χ2n) is 3.86. The molecule has 96 valence electrons. The molecule has 0 aliphatic heterocycles. The maximum Gasteiger partial charge on any atom is 0.124 e. The average molecular weight is 256 g/mol. The van der Waals surface area contributed by atoms with E-state index in [2.05, 4.69) is 11.8 Å². The van der Waals surface area contributed by atoms with Crippen molar-refractivity contribution in [2.75, 3.05) is 6.61 Å². The van der Waals surface area contributed by atoms with E-state index >= 15 is 0 Å². The van der Waals surface area contributed by atoms with Gasteiger partial charge in [-0.3, -0.25) is 0 Å². The largest absolute Gasteiger partial charge is 0.489 e. The number of rotatable bonds is 3. The fraction of sp³-hybridized carbons (Fsp3) is 0.125. The van der Waals surface area contributed by atoms with Crippen molar-refractivity contribution in [3.63, 3.8) is 0 Å². The summed E-state index contributed by atoms with van der Waals surface area (Å²) in [6.07, 6.45) is 0. The van der Waals surface area contributed by atoms with Gasteiger partial charge in [-0.2, -0.15) is 0 Å². The van der Waals surface area contributed by atoms with Crippen LogP contribution in [0.4, 0.5) is 4.39 Å². The van der Waals surface area contributed by atoms with Gasteiger partial charge in [-0.25, -0.2) is 4.39 Å². The molecule has 2 aromatic rings. The minimum absolute atomic E-state index is 0.254. The molecule has 0 fully saturated rings. The quantitative estimate of drug-likeness (QED) is 0.856. The zero-order valence-corrected chi connectivity index (χ0v) is 10.3. The van der Waals surface area contributed by atoms with Crippen molar-refractivity contribution < 1.29 is 14.2 Å². The number of ether oxygens (including phenoxy) is 1. The van der Waals surface area contributed by atoms with E-state index < -0.39 is 0 Å². The van der Waals surface area contributed by atoms with E-state index in [-0.39, 0.29) is 12.4 Å². The number of aliphatic hydroxyl groups excluding tert-OH is 1. The molecule has 0 aliphatic carbocycles. The first-order chi connectivity index (χ1) is 9.29. The normalized spacial score (nSPS) is 9.58. The molecule has 2 nitrogen and oxygen atoms in total. The lowest BCUT2D eigenvalue weighted by atomic mass is 10.1. The van der Waals surface area contributed by atoms with E-state index in [4.69, 9.17) is 9.84 Å². The van der Waals surface area contributed by atoms with Crippen molar-refractivity contribution in [3.05, 3.63) is 65.5 Å². The molecule has 0 radical (unpaired) electrons. The number of hydrogen-bond acceptors (Lipinski definition) is 2. The Morgan fingerprint density at radius 1 is 1.11 bits per heavy atom. The predicted octanol–water partition coefficient (Wildman–Crippen LogP) is 2.75. The number of benzene rings is 2. The molecule has 0 aliphatic rings. The summed E-state index contributed by atoms with van der Waals surface area (Å²) in [5.74, 6) is 5.62. The summed E-state index contributed by atoms with van der Waals surface area (Å²) in [5.41, 5.74) is 1.32. The standard InChI is InChI=1S/C16H13FO2/c17-15-9-8-14(13(11-15)5-4-10-18)12-19-16-6-2-1-3-7-16/h1-3,6-9,11,18H,10,12H2. The summed E-state index contributed by atoms with van der Waals surface area (Å²) in [4.78, 5) is 0. The molecule has 0 saturated heterocycles. The Kier molecular flexibility index (Phi) is 4.54. The van der Waals surface area contributed by atoms with Crippen molar-refractivity contribution in [2.45, 2.75) is 6.61 Å². The van der Waals surface area contributed by atoms with Crippen LogP contribution in [0.5, 0.6) is 5.75 Å². The monoisotopic (exact) mass is 256 g/mol. The summed E-state index contributed by atoms with van der Waals surface area (Å²) in [7, 11) is 0. The summed E-state index contributed by atoms with van der Waals surface area (Å²) in [6, 6.07) is 13.7. The van der Waals surface area contributed by atoms with Gasteiger partial charge in [0.15, 0.2) is 0 Å². The van der Waals surface area contributed by atoms with E-state index in [1.807, 2.05) is 30.3 Å². The van der Waals surface area contributed by atoms with Crippen LogP contribution in [-0.2, 0) is 6.61 Å². The Morgan fingerprint density at radius 3 is 2.63 bits per heavy atom. The van der Waals surface area contributed by atoms with Gasteiger partial charge in [-0.05, 0) is 24.3 Å². The molecule has 0 unspecified atom stereocenters. The third kappa shape index (κ3) is 3.84. The van der Waals surface area contributed by atoms with Crippen LogP contribution in [0.1, 0.15) is 11.1 Å². The lowest BCUT2D eigenvalue weighted by Crippen LogP contribution is -1.99. The zero-order chi connectivity index (χ0) is 13.5. The Morgan fingerprint density at radius 2 is 1.89 bits per heavy atom. The SMILES string of the molecule is OCC#Cc1cc(F)ccc1COc1ccccc1. The molecule has 0 saturated carbocycles. The van der Waals surface area contributed by atoms with Gasteiger partial charge in [0.2, 0.25) is 0 Å². The van der Waals surface area contributed by atoms with E-state index in [0.717, 1.165) is 11.3 Å². The molecule has 3 heteroatoms. The Balaban J connectivity index is 2.15. The highest BCUT2D eigenvalue weighted by Gasteiger charge is 2.03. The van der Waals surface area contributed by atoms with Gasteiger partial charge in [0, 0.05) is 11.1 Å². The van der Waals surface area contributed by atoms with Crippen molar-refractivity contribution in [2.24, 2.45) is 0 Å². The van der Waals surface area contributed by atoms with Crippen molar-refractivity contribution >= 4 is 0 Å². The highest BCUT2D eigenvalue weighted by atomic mass is 19.1. The Labute approximate surface area is 111 Å². The van der Waals surface area contributed by atoms with Gasteiger partial charge < -0.3 is 9.84 Å². The smallest absolute Gasteiger partial charge is 0.124 e.